The van der Waals surface area contributed by atoms with Gasteiger partial charge >= 0.3 is 18.0 Å². The first-order valence-electron chi connectivity index (χ1n) is 10.4. The average Bonchev–Trinajstić information content (AvgIpc) is 3.39. The monoisotopic (exact) mass is 529 g/mol. The SMILES string of the molecule is COc1cc(F)c(NC(=O)NOC(=O)c2sccc2C(=O)O)cc1OCc1c(F)ccc2ccncc12. The molecule has 37 heavy (non-hydrogen) atoms. The van der Waals surface area contributed by atoms with E-state index in [1.54, 1.807) is 23.8 Å². The Morgan fingerprint density at radius 3 is 2.65 bits per heavy atom. The Bertz CT molecular complexity index is 1510. The van der Waals surface area contributed by atoms with Gasteiger partial charge in [0.15, 0.2) is 17.3 Å². The topological polar surface area (TPSA) is 136 Å². The quantitative estimate of drug-likeness (QED) is 0.292. The number of aromatic carboxylic acids is 1. The molecule has 190 valence electrons. The van der Waals surface area contributed by atoms with E-state index >= 15 is 0 Å². The third-order valence-electron chi connectivity index (χ3n) is 5.07. The van der Waals surface area contributed by atoms with Crippen molar-refractivity contribution in [2.45, 2.75) is 6.61 Å². The van der Waals surface area contributed by atoms with Gasteiger partial charge in [0, 0.05) is 35.5 Å². The van der Waals surface area contributed by atoms with E-state index in [0.717, 1.165) is 28.9 Å². The number of methoxy groups -OCH3 is 1. The lowest BCUT2D eigenvalue weighted by molar-refractivity contribution is 0.0340. The molecule has 0 aliphatic rings. The van der Waals surface area contributed by atoms with Gasteiger partial charge in [-0.15, -0.1) is 11.3 Å². The third-order valence-corrected chi connectivity index (χ3v) is 5.96. The van der Waals surface area contributed by atoms with Crippen LogP contribution in [0.5, 0.6) is 11.5 Å². The highest BCUT2D eigenvalue weighted by Gasteiger charge is 2.21. The molecule has 2 aromatic carbocycles. The van der Waals surface area contributed by atoms with Crippen LogP contribution in [0.4, 0.5) is 19.3 Å². The number of thiophene rings is 1. The number of carboxylic acid groups (broad SMARTS) is 1. The van der Waals surface area contributed by atoms with Crippen LogP contribution in [0.25, 0.3) is 10.8 Å². The molecule has 0 bridgehead atoms. The van der Waals surface area contributed by atoms with Crippen molar-refractivity contribution >= 4 is 45.8 Å². The molecule has 0 radical (unpaired) electrons. The predicted molar refractivity (Wildman–Crippen MR) is 128 cm³/mol. The van der Waals surface area contributed by atoms with Gasteiger partial charge in [-0.25, -0.2) is 23.2 Å². The number of nitrogens with one attached hydrogen (secondary N) is 2. The van der Waals surface area contributed by atoms with E-state index in [1.165, 1.54) is 30.8 Å². The molecule has 2 amide bonds. The first kappa shape index (κ1) is 25.3. The van der Waals surface area contributed by atoms with E-state index in [0.29, 0.717) is 5.39 Å². The minimum Gasteiger partial charge on any atom is -0.493 e. The van der Waals surface area contributed by atoms with Crippen molar-refractivity contribution in [2.75, 3.05) is 12.4 Å². The fourth-order valence-corrected chi connectivity index (χ4v) is 4.08. The van der Waals surface area contributed by atoms with Gasteiger partial charge in [0.25, 0.3) is 0 Å². The number of urea groups is 1. The number of pyridine rings is 1. The molecule has 0 saturated heterocycles. The van der Waals surface area contributed by atoms with E-state index < -0.39 is 29.6 Å². The summed E-state index contributed by atoms with van der Waals surface area (Å²) in [7, 11) is 1.28. The Morgan fingerprint density at radius 2 is 1.89 bits per heavy atom. The van der Waals surface area contributed by atoms with Gasteiger partial charge in [-0.05, 0) is 29.0 Å². The van der Waals surface area contributed by atoms with E-state index in [-0.39, 0.29) is 39.8 Å². The number of fused-ring (bicyclic) bond motifs is 1. The Morgan fingerprint density at radius 1 is 1.08 bits per heavy atom. The highest BCUT2D eigenvalue weighted by atomic mass is 32.1. The maximum Gasteiger partial charge on any atom is 0.373 e. The van der Waals surface area contributed by atoms with Gasteiger partial charge in [-0.2, -0.15) is 5.48 Å². The highest BCUT2D eigenvalue weighted by molar-refractivity contribution is 7.12. The number of hydrogen-bond donors (Lipinski definition) is 3. The molecule has 0 saturated carbocycles. The first-order chi connectivity index (χ1) is 17.8. The van der Waals surface area contributed by atoms with Crippen LogP contribution < -0.4 is 20.3 Å². The number of amides is 2. The fraction of sp³-hybridized carbons (Fsp3) is 0.0833. The lowest BCUT2D eigenvalue weighted by Gasteiger charge is -2.15. The molecule has 4 rings (SSSR count). The predicted octanol–water partition coefficient (Wildman–Crippen LogP) is 4.75. The second-order valence-corrected chi connectivity index (χ2v) is 8.22. The molecular weight excluding hydrogens is 512 g/mol. The molecule has 2 aromatic heterocycles. The number of carbonyl (C=O) groups is 3. The zero-order chi connectivity index (χ0) is 26.5. The summed E-state index contributed by atoms with van der Waals surface area (Å²) in [5, 5.41) is 13.9. The number of ether oxygens (including phenoxy) is 2. The molecule has 0 aliphatic heterocycles. The normalized spacial score (nSPS) is 10.6. The molecule has 13 heteroatoms. The summed E-state index contributed by atoms with van der Waals surface area (Å²) in [4.78, 5) is 43.8. The molecule has 0 atom stereocenters. The summed E-state index contributed by atoms with van der Waals surface area (Å²) >= 11 is 0.807. The molecule has 0 fully saturated rings. The Kier molecular flexibility index (Phi) is 7.44. The van der Waals surface area contributed by atoms with Gasteiger partial charge in [-0.3, -0.25) is 4.98 Å². The number of carbonyl (C=O) groups excluding carboxylic acids is 2. The number of rotatable bonds is 7. The number of benzene rings is 2. The summed E-state index contributed by atoms with van der Waals surface area (Å²) in [5.41, 5.74) is 1.32. The van der Waals surface area contributed by atoms with Crippen molar-refractivity contribution in [3.8, 4) is 11.5 Å². The Hall–Kier alpha value is -4.78. The largest absolute Gasteiger partial charge is 0.493 e. The van der Waals surface area contributed by atoms with Crippen LogP contribution in [0.3, 0.4) is 0 Å². The summed E-state index contributed by atoms with van der Waals surface area (Å²) in [5.74, 6) is -3.93. The van der Waals surface area contributed by atoms with Crippen LogP contribution in [0.2, 0.25) is 0 Å². The van der Waals surface area contributed by atoms with Crippen LogP contribution in [0.1, 0.15) is 25.6 Å². The number of hydroxylamine groups is 1. The van der Waals surface area contributed by atoms with Crippen molar-refractivity contribution in [1.82, 2.24) is 10.5 Å². The van der Waals surface area contributed by atoms with Crippen molar-refractivity contribution in [2.24, 2.45) is 0 Å². The van der Waals surface area contributed by atoms with E-state index in [1.807, 2.05) is 0 Å². The number of carboxylic acids is 1. The van der Waals surface area contributed by atoms with Gasteiger partial charge in [0.1, 0.15) is 17.3 Å². The van der Waals surface area contributed by atoms with Gasteiger partial charge in [0.05, 0.1) is 18.4 Å². The number of halogens is 2. The standard InChI is InChI=1S/C24H17F2N3O7S/c1-34-19-8-17(26)18(28-24(33)29-36-23(32)21-13(22(30)31)5-7-37-21)9-20(19)35-11-15-14-10-27-6-4-12(14)2-3-16(15)25/h2-10H,11H2,1H3,(H,30,31)(H2,28,29,33). The molecule has 2 heterocycles. The summed E-state index contributed by atoms with van der Waals surface area (Å²) in [6.45, 7) is -0.257. The van der Waals surface area contributed by atoms with Crippen molar-refractivity contribution in [3.05, 3.63) is 81.8 Å². The lowest BCUT2D eigenvalue weighted by atomic mass is 10.1. The molecular formula is C24H17F2N3O7S. The van der Waals surface area contributed by atoms with Crippen molar-refractivity contribution < 1.29 is 42.6 Å². The van der Waals surface area contributed by atoms with E-state index in [2.05, 4.69) is 15.1 Å². The molecule has 0 unspecified atom stereocenters. The number of anilines is 1. The van der Waals surface area contributed by atoms with E-state index in [9.17, 15) is 23.2 Å². The number of hydrogen-bond acceptors (Lipinski definition) is 8. The smallest absolute Gasteiger partial charge is 0.373 e. The maximum atomic E-state index is 14.6. The number of aromatic nitrogens is 1. The minimum atomic E-state index is -1.34. The molecule has 10 nitrogen and oxygen atoms in total. The Labute approximate surface area is 211 Å². The Balaban J connectivity index is 1.47. The summed E-state index contributed by atoms with van der Waals surface area (Å²) in [6.07, 6.45) is 3.06. The maximum absolute atomic E-state index is 14.6. The van der Waals surface area contributed by atoms with Gasteiger partial charge < -0.3 is 24.7 Å². The van der Waals surface area contributed by atoms with Crippen molar-refractivity contribution in [1.29, 1.82) is 0 Å². The third kappa shape index (κ3) is 5.56. The lowest BCUT2D eigenvalue weighted by Crippen LogP contribution is -2.31. The second-order valence-electron chi connectivity index (χ2n) is 7.31. The first-order valence-corrected chi connectivity index (χ1v) is 11.3. The number of nitrogens with zero attached hydrogens (tertiary/aromatic N) is 1. The van der Waals surface area contributed by atoms with Crippen LogP contribution in [0, 0.1) is 11.6 Å². The summed E-state index contributed by atoms with van der Waals surface area (Å²) < 4.78 is 39.9. The molecule has 4 aromatic rings. The van der Waals surface area contributed by atoms with Gasteiger partial charge in [-0.1, -0.05) is 6.07 Å². The minimum absolute atomic E-state index is 0.0128. The fourth-order valence-electron chi connectivity index (χ4n) is 3.32. The molecule has 0 aliphatic carbocycles. The van der Waals surface area contributed by atoms with Crippen LogP contribution in [-0.4, -0.2) is 35.2 Å². The highest BCUT2D eigenvalue weighted by Crippen LogP contribution is 2.34. The van der Waals surface area contributed by atoms with E-state index in [4.69, 9.17) is 14.6 Å². The van der Waals surface area contributed by atoms with Gasteiger partial charge in [0.2, 0.25) is 0 Å². The zero-order valence-corrected chi connectivity index (χ0v) is 19.7. The molecule has 3 N–H and O–H groups in total. The average molecular weight is 529 g/mol. The second kappa shape index (κ2) is 10.9. The summed E-state index contributed by atoms with van der Waals surface area (Å²) in [6, 6.07) is 6.73. The van der Waals surface area contributed by atoms with Crippen molar-refractivity contribution in [3.63, 3.8) is 0 Å². The van der Waals surface area contributed by atoms with Crippen LogP contribution >= 0.6 is 11.3 Å². The molecule has 0 spiro atoms. The van der Waals surface area contributed by atoms with Crippen LogP contribution in [-0.2, 0) is 11.4 Å². The zero-order valence-electron chi connectivity index (χ0n) is 18.9. The van der Waals surface area contributed by atoms with Crippen LogP contribution in [0.15, 0.2) is 54.2 Å².